The lowest BCUT2D eigenvalue weighted by Gasteiger charge is -2.20. The highest BCUT2D eigenvalue weighted by molar-refractivity contribution is 6.00. The van der Waals surface area contributed by atoms with Gasteiger partial charge in [-0.15, -0.1) is 0 Å². The topological polar surface area (TPSA) is 64.8 Å². The largest absolute Gasteiger partial charge is 0.497 e. The summed E-state index contributed by atoms with van der Waals surface area (Å²) in [6.45, 7) is 4.94. The van der Waals surface area contributed by atoms with Gasteiger partial charge in [0.1, 0.15) is 11.5 Å². The highest BCUT2D eigenvalue weighted by Gasteiger charge is 2.19. The molecule has 0 heterocycles. The van der Waals surface area contributed by atoms with Crippen molar-refractivity contribution in [1.29, 1.82) is 0 Å². The van der Waals surface area contributed by atoms with Gasteiger partial charge in [-0.2, -0.15) is 0 Å². The lowest BCUT2D eigenvalue weighted by molar-refractivity contribution is 0.0789. The molecular weight excluding hydrogens is 256 g/mol. The summed E-state index contributed by atoms with van der Waals surface area (Å²) in [5.41, 5.74) is 6.74. The zero-order valence-corrected chi connectivity index (χ0v) is 12.9. The molecule has 1 rings (SSSR count). The highest BCUT2D eigenvalue weighted by Crippen LogP contribution is 2.31. The molecular formula is C15H24N2O3. The minimum Gasteiger partial charge on any atom is -0.497 e. The minimum absolute atomic E-state index is 0.125. The fourth-order valence-electron chi connectivity index (χ4n) is 1.82. The summed E-state index contributed by atoms with van der Waals surface area (Å²) in [5.74, 6) is 1.42. The zero-order chi connectivity index (χ0) is 15.3. The molecule has 0 spiro atoms. The third-order valence-electron chi connectivity index (χ3n) is 3.19. The van der Waals surface area contributed by atoms with E-state index in [0.29, 0.717) is 35.2 Å². The van der Waals surface area contributed by atoms with Gasteiger partial charge in [-0.25, -0.2) is 0 Å². The third kappa shape index (κ3) is 3.79. The molecule has 1 aromatic rings. The van der Waals surface area contributed by atoms with Gasteiger partial charge in [0.15, 0.2) is 0 Å². The molecule has 0 unspecified atom stereocenters. The van der Waals surface area contributed by atoms with E-state index in [1.54, 1.807) is 31.2 Å². The van der Waals surface area contributed by atoms with E-state index < -0.39 is 0 Å². The van der Waals surface area contributed by atoms with Gasteiger partial charge in [0.25, 0.3) is 5.91 Å². The lowest BCUT2D eigenvalue weighted by Crippen LogP contribution is -2.29. The predicted molar refractivity (Wildman–Crippen MR) is 80.4 cm³/mol. The van der Waals surface area contributed by atoms with E-state index in [0.717, 1.165) is 6.42 Å². The normalized spacial score (nSPS) is 10.5. The van der Waals surface area contributed by atoms with Crippen LogP contribution in [0.5, 0.6) is 11.5 Å². The van der Waals surface area contributed by atoms with Crippen LogP contribution in [0.1, 0.15) is 30.6 Å². The average Bonchev–Trinajstić information content (AvgIpc) is 2.44. The maximum Gasteiger partial charge on any atom is 0.255 e. The standard InChI is InChI=1S/C15H24N2O3/c1-10(2)6-7-17(3)15(18)12-8-11(19-4)9-13(20-5)14(12)16/h8-10H,6-7,16H2,1-5H3. The molecule has 20 heavy (non-hydrogen) atoms. The molecule has 0 bridgehead atoms. The number of methoxy groups -OCH3 is 2. The smallest absolute Gasteiger partial charge is 0.255 e. The van der Waals surface area contributed by atoms with Crippen LogP contribution in [0.2, 0.25) is 0 Å². The molecule has 112 valence electrons. The van der Waals surface area contributed by atoms with Crippen molar-refractivity contribution in [2.75, 3.05) is 33.5 Å². The first kappa shape index (κ1) is 16.1. The Hall–Kier alpha value is -1.91. The molecule has 0 saturated carbocycles. The second-order valence-corrected chi connectivity index (χ2v) is 5.20. The van der Waals surface area contributed by atoms with Crippen LogP contribution < -0.4 is 15.2 Å². The van der Waals surface area contributed by atoms with Crippen molar-refractivity contribution in [3.8, 4) is 11.5 Å². The van der Waals surface area contributed by atoms with Crippen molar-refractivity contribution in [3.05, 3.63) is 17.7 Å². The molecule has 5 nitrogen and oxygen atoms in total. The van der Waals surface area contributed by atoms with E-state index in [2.05, 4.69) is 13.8 Å². The number of carbonyl (C=O) groups excluding carboxylic acids is 1. The van der Waals surface area contributed by atoms with E-state index in [1.807, 2.05) is 0 Å². The van der Waals surface area contributed by atoms with Gasteiger partial charge in [0.05, 0.1) is 25.5 Å². The van der Waals surface area contributed by atoms with Crippen molar-refractivity contribution in [1.82, 2.24) is 4.90 Å². The van der Waals surface area contributed by atoms with Crippen molar-refractivity contribution in [3.63, 3.8) is 0 Å². The summed E-state index contributed by atoms with van der Waals surface area (Å²) in [4.78, 5) is 14.1. The van der Waals surface area contributed by atoms with Gasteiger partial charge in [-0.1, -0.05) is 13.8 Å². The molecule has 0 fully saturated rings. The molecule has 0 aliphatic rings. The van der Waals surface area contributed by atoms with E-state index in [9.17, 15) is 4.79 Å². The summed E-state index contributed by atoms with van der Waals surface area (Å²) in [6, 6.07) is 3.31. The number of anilines is 1. The Labute approximate surface area is 120 Å². The average molecular weight is 280 g/mol. The molecule has 1 aromatic carbocycles. The Balaban J connectivity index is 3.02. The van der Waals surface area contributed by atoms with E-state index in [-0.39, 0.29) is 5.91 Å². The predicted octanol–water partition coefficient (Wildman–Crippen LogP) is 2.40. The van der Waals surface area contributed by atoms with Crippen LogP contribution in [0.4, 0.5) is 5.69 Å². The van der Waals surface area contributed by atoms with Crippen molar-refractivity contribution < 1.29 is 14.3 Å². The maximum atomic E-state index is 12.4. The number of rotatable bonds is 6. The van der Waals surface area contributed by atoms with Gasteiger partial charge in [0, 0.05) is 19.7 Å². The van der Waals surface area contributed by atoms with Crippen LogP contribution >= 0.6 is 0 Å². The number of benzene rings is 1. The van der Waals surface area contributed by atoms with Crippen molar-refractivity contribution >= 4 is 11.6 Å². The van der Waals surface area contributed by atoms with E-state index in [1.165, 1.54) is 7.11 Å². The van der Waals surface area contributed by atoms with Crippen LogP contribution in [0, 0.1) is 5.92 Å². The number of nitrogen functional groups attached to an aromatic ring is 1. The monoisotopic (exact) mass is 280 g/mol. The number of hydrogen-bond donors (Lipinski definition) is 1. The molecule has 0 aromatic heterocycles. The van der Waals surface area contributed by atoms with Gasteiger partial charge >= 0.3 is 0 Å². The molecule has 2 N–H and O–H groups in total. The summed E-state index contributed by atoms with van der Waals surface area (Å²) >= 11 is 0. The Morgan fingerprint density at radius 1 is 1.30 bits per heavy atom. The Morgan fingerprint density at radius 2 is 1.95 bits per heavy atom. The van der Waals surface area contributed by atoms with E-state index >= 15 is 0 Å². The fourth-order valence-corrected chi connectivity index (χ4v) is 1.82. The zero-order valence-electron chi connectivity index (χ0n) is 12.9. The highest BCUT2D eigenvalue weighted by atomic mass is 16.5. The SMILES string of the molecule is COc1cc(OC)c(N)c(C(=O)N(C)CCC(C)C)c1. The molecule has 5 heteroatoms. The van der Waals surface area contributed by atoms with Crippen molar-refractivity contribution in [2.45, 2.75) is 20.3 Å². The molecule has 0 atom stereocenters. The van der Waals surface area contributed by atoms with Gasteiger partial charge in [0.2, 0.25) is 0 Å². The quantitative estimate of drug-likeness (QED) is 0.813. The number of amides is 1. The summed E-state index contributed by atoms with van der Waals surface area (Å²) in [5, 5.41) is 0. The van der Waals surface area contributed by atoms with E-state index in [4.69, 9.17) is 15.2 Å². The Bertz CT molecular complexity index is 472. The summed E-state index contributed by atoms with van der Waals surface area (Å²) in [7, 11) is 4.83. The van der Waals surface area contributed by atoms with Crippen LogP contribution in [-0.2, 0) is 0 Å². The summed E-state index contributed by atoms with van der Waals surface area (Å²) in [6.07, 6.45) is 0.948. The Morgan fingerprint density at radius 3 is 2.45 bits per heavy atom. The fraction of sp³-hybridized carbons (Fsp3) is 0.533. The number of nitrogens with two attached hydrogens (primary N) is 1. The molecule has 0 aliphatic carbocycles. The molecule has 0 saturated heterocycles. The number of nitrogens with zero attached hydrogens (tertiary/aromatic N) is 1. The van der Waals surface area contributed by atoms with Crippen molar-refractivity contribution in [2.24, 2.45) is 5.92 Å². The maximum absolute atomic E-state index is 12.4. The lowest BCUT2D eigenvalue weighted by atomic mass is 10.1. The second-order valence-electron chi connectivity index (χ2n) is 5.20. The molecule has 0 radical (unpaired) electrons. The third-order valence-corrected chi connectivity index (χ3v) is 3.19. The molecule has 1 amide bonds. The molecule has 0 aliphatic heterocycles. The Kier molecular flexibility index (Phi) is 5.67. The number of hydrogen-bond acceptors (Lipinski definition) is 4. The van der Waals surface area contributed by atoms with Gasteiger partial charge in [-0.3, -0.25) is 4.79 Å². The number of carbonyl (C=O) groups is 1. The summed E-state index contributed by atoms with van der Waals surface area (Å²) < 4.78 is 10.4. The van der Waals surface area contributed by atoms with Gasteiger partial charge in [-0.05, 0) is 18.4 Å². The first-order valence-corrected chi connectivity index (χ1v) is 6.67. The van der Waals surface area contributed by atoms with Crippen LogP contribution in [0.3, 0.4) is 0 Å². The van der Waals surface area contributed by atoms with Crippen LogP contribution in [0.25, 0.3) is 0 Å². The second kappa shape index (κ2) is 7.03. The van der Waals surface area contributed by atoms with Gasteiger partial charge < -0.3 is 20.1 Å². The first-order valence-electron chi connectivity index (χ1n) is 6.67. The van der Waals surface area contributed by atoms with Crippen LogP contribution in [-0.4, -0.2) is 38.6 Å². The first-order chi connectivity index (χ1) is 9.40. The minimum atomic E-state index is -0.125. The number of ether oxygens (including phenoxy) is 2. The van der Waals surface area contributed by atoms with Crippen LogP contribution in [0.15, 0.2) is 12.1 Å².